The van der Waals surface area contributed by atoms with Crippen molar-refractivity contribution in [2.24, 2.45) is 5.73 Å². The normalized spacial score (nSPS) is 13.3. The Morgan fingerprint density at radius 1 is 1.56 bits per heavy atom. The van der Waals surface area contributed by atoms with Crippen LogP contribution < -0.4 is 5.73 Å². The van der Waals surface area contributed by atoms with Gasteiger partial charge in [-0.1, -0.05) is 19.8 Å². The first-order chi connectivity index (χ1) is 7.67. The lowest BCUT2D eigenvalue weighted by atomic mass is 10.1. The molecule has 2 N–H and O–H groups in total. The van der Waals surface area contributed by atoms with Gasteiger partial charge in [0.1, 0.15) is 0 Å². The predicted molar refractivity (Wildman–Crippen MR) is 75.9 cm³/mol. The molecule has 0 saturated carbocycles. The van der Waals surface area contributed by atoms with Gasteiger partial charge in [0.2, 0.25) is 0 Å². The fourth-order valence-corrected chi connectivity index (χ4v) is 3.28. The molecule has 2 nitrogen and oxygen atoms in total. The third kappa shape index (κ3) is 4.53. The Bertz CT molecular complexity index is 301. The number of nitrogens with two attached hydrogens (primary N) is 1. The minimum Gasteiger partial charge on any atom is -0.329 e. The third-order valence-electron chi connectivity index (χ3n) is 2.81. The Kier molecular flexibility index (Phi) is 6.58. The third-order valence-corrected chi connectivity index (χ3v) is 4.50. The molecule has 1 atom stereocenters. The highest BCUT2D eigenvalue weighted by Crippen LogP contribution is 2.21. The van der Waals surface area contributed by atoms with Crippen LogP contribution in [-0.4, -0.2) is 24.5 Å². The highest BCUT2D eigenvalue weighted by molar-refractivity contribution is 9.10. The van der Waals surface area contributed by atoms with Crippen molar-refractivity contribution in [3.05, 3.63) is 20.8 Å². The highest BCUT2D eigenvalue weighted by Gasteiger charge is 2.13. The number of unbranched alkanes of at least 4 members (excludes halogenated alkanes) is 1. The molecule has 0 amide bonds. The average molecular weight is 305 g/mol. The largest absolute Gasteiger partial charge is 0.329 e. The second kappa shape index (κ2) is 7.43. The highest BCUT2D eigenvalue weighted by atomic mass is 79.9. The fourth-order valence-electron chi connectivity index (χ4n) is 1.77. The molecule has 0 saturated heterocycles. The lowest BCUT2D eigenvalue weighted by molar-refractivity contribution is 0.225. The summed E-state index contributed by atoms with van der Waals surface area (Å²) in [5, 5.41) is 2.13. The van der Waals surface area contributed by atoms with Gasteiger partial charge in [-0.3, -0.25) is 4.90 Å². The van der Waals surface area contributed by atoms with Crippen LogP contribution in [0.1, 0.15) is 31.1 Å². The molecule has 0 aliphatic heterocycles. The van der Waals surface area contributed by atoms with Crippen LogP contribution in [0.5, 0.6) is 0 Å². The van der Waals surface area contributed by atoms with Gasteiger partial charge in [0, 0.05) is 33.9 Å². The molecule has 1 unspecified atom stereocenters. The SMILES string of the molecule is CCCCC(CN)N(C)Cc1cc(Br)cs1. The number of hydrogen-bond donors (Lipinski definition) is 1. The van der Waals surface area contributed by atoms with Gasteiger partial charge in [-0.2, -0.15) is 0 Å². The predicted octanol–water partition coefficient (Wildman–Crippen LogP) is 3.46. The monoisotopic (exact) mass is 304 g/mol. The van der Waals surface area contributed by atoms with E-state index in [1.807, 2.05) is 0 Å². The van der Waals surface area contributed by atoms with Gasteiger partial charge in [-0.15, -0.1) is 11.3 Å². The molecule has 0 fully saturated rings. The van der Waals surface area contributed by atoms with Crippen molar-refractivity contribution in [1.29, 1.82) is 0 Å². The van der Waals surface area contributed by atoms with E-state index in [4.69, 9.17) is 5.73 Å². The van der Waals surface area contributed by atoms with E-state index in [0.717, 1.165) is 13.1 Å². The maximum Gasteiger partial charge on any atom is 0.0328 e. The summed E-state index contributed by atoms with van der Waals surface area (Å²) in [5.41, 5.74) is 5.83. The van der Waals surface area contributed by atoms with Crippen molar-refractivity contribution in [3.8, 4) is 0 Å². The van der Waals surface area contributed by atoms with E-state index in [1.165, 1.54) is 28.6 Å². The van der Waals surface area contributed by atoms with Crippen LogP contribution in [0.4, 0.5) is 0 Å². The number of halogens is 1. The molecule has 0 spiro atoms. The van der Waals surface area contributed by atoms with Crippen molar-refractivity contribution >= 4 is 27.3 Å². The summed E-state index contributed by atoms with van der Waals surface area (Å²) in [7, 11) is 2.17. The Hall–Kier alpha value is 0.1000. The van der Waals surface area contributed by atoms with Crippen LogP contribution in [0.25, 0.3) is 0 Å². The smallest absolute Gasteiger partial charge is 0.0328 e. The minimum absolute atomic E-state index is 0.515. The van der Waals surface area contributed by atoms with Crippen molar-refractivity contribution in [2.45, 2.75) is 38.8 Å². The van der Waals surface area contributed by atoms with Crippen LogP contribution in [0.2, 0.25) is 0 Å². The molecule has 0 aliphatic rings. The molecule has 1 aromatic rings. The molecule has 0 aromatic carbocycles. The zero-order valence-corrected chi connectivity index (χ0v) is 12.5. The van der Waals surface area contributed by atoms with Gasteiger partial charge in [-0.05, 0) is 35.5 Å². The number of likely N-dealkylation sites (N-methyl/N-ethyl adjacent to an activating group) is 1. The molecule has 1 aromatic heterocycles. The Morgan fingerprint density at radius 3 is 2.81 bits per heavy atom. The molecule has 4 heteroatoms. The summed E-state index contributed by atoms with van der Waals surface area (Å²) in [4.78, 5) is 3.76. The van der Waals surface area contributed by atoms with Crippen molar-refractivity contribution in [3.63, 3.8) is 0 Å². The molecule has 0 radical (unpaired) electrons. The van der Waals surface area contributed by atoms with Crippen molar-refractivity contribution in [2.75, 3.05) is 13.6 Å². The summed E-state index contributed by atoms with van der Waals surface area (Å²) in [6, 6.07) is 2.70. The zero-order chi connectivity index (χ0) is 12.0. The first-order valence-corrected chi connectivity index (χ1v) is 7.47. The molecule has 16 heavy (non-hydrogen) atoms. The van der Waals surface area contributed by atoms with Crippen LogP contribution in [0.15, 0.2) is 15.9 Å². The van der Waals surface area contributed by atoms with Gasteiger partial charge in [0.05, 0.1) is 0 Å². The molecule has 0 aliphatic carbocycles. The topological polar surface area (TPSA) is 29.3 Å². The Morgan fingerprint density at radius 2 is 2.31 bits per heavy atom. The first-order valence-electron chi connectivity index (χ1n) is 5.80. The summed E-state index contributed by atoms with van der Waals surface area (Å²) in [6.45, 7) is 3.98. The minimum atomic E-state index is 0.515. The van der Waals surface area contributed by atoms with E-state index >= 15 is 0 Å². The van der Waals surface area contributed by atoms with Gasteiger partial charge >= 0.3 is 0 Å². The van der Waals surface area contributed by atoms with E-state index in [9.17, 15) is 0 Å². The Labute approximate surface area is 111 Å². The second-order valence-corrected chi connectivity index (χ2v) is 6.09. The lowest BCUT2D eigenvalue weighted by Gasteiger charge is -2.26. The lowest BCUT2D eigenvalue weighted by Crippen LogP contribution is -2.37. The number of rotatable bonds is 7. The van der Waals surface area contributed by atoms with E-state index in [1.54, 1.807) is 11.3 Å². The van der Waals surface area contributed by atoms with E-state index in [-0.39, 0.29) is 0 Å². The van der Waals surface area contributed by atoms with Crippen molar-refractivity contribution in [1.82, 2.24) is 4.90 Å². The van der Waals surface area contributed by atoms with Gasteiger partial charge in [-0.25, -0.2) is 0 Å². The summed E-state index contributed by atoms with van der Waals surface area (Å²) < 4.78 is 1.18. The summed E-state index contributed by atoms with van der Waals surface area (Å²) in [5.74, 6) is 0. The molecule has 92 valence electrons. The van der Waals surface area contributed by atoms with E-state index < -0.39 is 0 Å². The van der Waals surface area contributed by atoms with Gasteiger partial charge in [0.25, 0.3) is 0 Å². The standard InChI is InChI=1S/C12H21BrN2S/c1-3-4-5-11(7-14)15(2)8-12-6-10(13)9-16-12/h6,9,11H,3-5,7-8,14H2,1-2H3. The molecular formula is C12H21BrN2S. The van der Waals surface area contributed by atoms with Crippen LogP contribution >= 0.6 is 27.3 Å². The fraction of sp³-hybridized carbons (Fsp3) is 0.667. The number of thiophene rings is 1. The molecule has 1 rings (SSSR count). The quantitative estimate of drug-likeness (QED) is 0.836. The first kappa shape index (κ1) is 14.2. The molecule has 1 heterocycles. The second-order valence-electron chi connectivity index (χ2n) is 4.18. The molecule has 0 bridgehead atoms. The van der Waals surface area contributed by atoms with Crippen LogP contribution in [-0.2, 0) is 6.54 Å². The average Bonchev–Trinajstić information content (AvgIpc) is 2.65. The van der Waals surface area contributed by atoms with Crippen LogP contribution in [0, 0.1) is 0 Å². The van der Waals surface area contributed by atoms with E-state index in [2.05, 4.69) is 46.2 Å². The summed E-state index contributed by atoms with van der Waals surface area (Å²) >= 11 is 5.29. The molecular weight excluding hydrogens is 284 g/mol. The maximum absolute atomic E-state index is 5.83. The van der Waals surface area contributed by atoms with Crippen LogP contribution in [0.3, 0.4) is 0 Å². The van der Waals surface area contributed by atoms with Gasteiger partial charge in [0.15, 0.2) is 0 Å². The Balaban J connectivity index is 2.45. The number of hydrogen-bond acceptors (Lipinski definition) is 3. The van der Waals surface area contributed by atoms with Gasteiger partial charge < -0.3 is 5.73 Å². The van der Waals surface area contributed by atoms with Crippen molar-refractivity contribution < 1.29 is 0 Å². The van der Waals surface area contributed by atoms with E-state index in [0.29, 0.717) is 6.04 Å². The zero-order valence-electron chi connectivity index (χ0n) is 10.1. The maximum atomic E-state index is 5.83. The summed E-state index contributed by atoms with van der Waals surface area (Å²) in [6.07, 6.45) is 3.71. The number of nitrogens with zero attached hydrogens (tertiary/aromatic N) is 1.